The van der Waals surface area contributed by atoms with Crippen molar-refractivity contribution in [3.8, 4) is 0 Å². The number of nitrogens with zero attached hydrogens (tertiary/aromatic N) is 4. The van der Waals surface area contributed by atoms with Gasteiger partial charge in [0.1, 0.15) is 11.4 Å². The molecule has 246 valence electrons. The summed E-state index contributed by atoms with van der Waals surface area (Å²) in [6.07, 6.45) is 12.5. The van der Waals surface area contributed by atoms with E-state index in [1.54, 1.807) is 6.20 Å². The SMILES string of the molecule is CN1CCCC1CCNC(=O)C1=CN2C3CC4CCCCC4CC3OC3C2C(CC(F)C3S(=O)(=O)CCc2cnccn2)C1=O. The highest BCUT2D eigenvalue weighted by molar-refractivity contribution is 7.92. The summed E-state index contributed by atoms with van der Waals surface area (Å²) < 4.78 is 50.7. The van der Waals surface area contributed by atoms with Crippen LogP contribution in [0, 0.1) is 17.8 Å². The Morgan fingerprint density at radius 2 is 1.91 bits per heavy atom. The Hall–Kier alpha value is -2.44. The molecule has 0 spiro atoms. The zero-order valence-corrected chi connectivity index (χ0v) is 26.9. The summed E-state index contributed by atoms with van der Waals surface area (Å²) in [5.41, 5.74) is 0.593. The highest BCUT2D eigenvalue weighted by Crippen LogP contribution is 2.51. The van der Waals surface area contributed by atoms with Gasteiger partial charge in [0.25, 0.3) is 5.91 Å². The smallest absolute Gasteiger partial charge is 0.256 e. The number of fused-ring (bicyclic) bond motifs is 3. The Morgan fingerprint density at radius 3 is 2.64 bits per heavy atom. The number of aromatic nitrogens is 2. The van der Waals surface area contributed by atoms with Crippen LogP contribution in [0.2, 0.25) is 0 Å². The van der Waals surface area contributed by atoms with Crippen molar-refractivity contribution in [2.75, 3.05) is 25.9 Å². The molecule has 4 heterocycles. The summed E-state index contributed by atoms with van der Waals surface area (Å²) in [6, 6.07) is -0.281. The standard InChI is InChI=1S/C33H46FN5O5S/c1-38-13-4-7-23(38)8-10-37-33(41)25-19-39-27-15-20-5-2-3-6-21(20)16-28(27)44-31-29(39)24(30(25)40)17-26(34)32(31)45(42,43)14-9-22-18-35-11-12-36-22/h11-12,18-21,23-24,26-29,31-32H,2-10,13-17H2,1H3,(H,37,41). The molecule has 0 aromatic carbocycles. The normalized spacial score (nSPS) is 38.1. The topological polar surface area (TPSA) is 122 Å². The number of alkyl halides is 1. The molecule has 1 amide bonds. The second-order valence-electron chi connectivity index (χ2n) is 14.3. The van der Waals surface area contributed by atoms with E-state index < -0.39 is 51.0 Å². The number of rotatable bonds is 8. The van der Waals surface area contributed by atoms with E-state index in [1.807, 2.05) is 0 Å². The summed E-state index contributed by atoms with van der Waals surface area (Å²) in [5, 5.41) is 1.59. The number of aryl methyl sites for hydroxylation is 1. The molecule has 3 aliphatic carbocycles. The summed E-state index contributed by atoms with van der Waals surface area (Å²) >= 11 is 0. The third kappa shape index (κ3) is 5.95. The van der Waals surface area contributed by atoms with E-state index in [4.69, 9.17) is 4.74 Å². The van der Waals surface area contributed by atoms with E-state index in [-0.39, 0.29) is 36.3 Å². The van der Waals surface area contributed by atoms with Crippen LogP contribution < -0.4 is 5.32 Å². The number of ether oxygens (including phenoxy) is 1. The van der Waals surface area contributed by atoms with Crippen LogP contribution in [0.5, 0.6) is 0 Å². The van der Waals surface area contributed by atoms with Gasteiger partial charge >= 0.3 is 0 Å². The molecular formula is C33H46FN5O5S. The van der Waals surface area contributed by atoms with Crippen molar-refractivity contribution in [2.24, 2.45) is 17.8 Å². The highest BCUT2D eigenvalue weighted by Gasteiger charge is 2.62. The number of Topliss-reactive ketones (excluding diaryl/α,β-unsaturated/α-hetero) is 1. The number of carbonyl (C=O) groups is 2. The fourth-order valence-electron chi connectivity index (χ4n) is 9.48. The molecule has 7 rings (SSSR count). The van der Waals surface area contributed by atoms with E-state index >= 15 is 4.39 Å². The van der Waals surface area contributed by atoms with Crippen LogP contribution in [-0.2, 0) is 30.6 Å². The van der Waals surface area contributed by atoms with Crippen molar-refractivity contribution in [2.45, 2.75) is 112 Å². The Balaban J connectivity index is 1.17. The molecule has 2 saturated heterocycles. The number of ketones is 1. The lowest BCUT2D eigenvalue weighted by molar-refractivity contribution is -0.197. The van der Waals surface area contributed by atoms with Crippen molar-refractivity contribution >= 4 is 21.5 Å². The molecule has 1 aromatic rings. The molecule has 1 N–H and O–H groups in total. The predicted octanol–water partition coefficient (Wildman–Crippen LogP) is 2.63. The summed E-state index contributed by atoms with van der Waals surface area (Å²) in [4.78, 5) is 40.1. The van der Waals surface area contributed by atoms with Crippen molar-refractivity contribution in [1.82, 2.24) is 25.1 Å². The van der Waals surface area contributed by atoms with Crippen molar-refractivity contribution < 1.29 is 27.1 Å². The third-order valence-electron chi connectivity index (χ3n) is 11.8. The minimum absolute atomic E-state index is 0.0670. The lowest BCUT2D eigenvalue weighted by Gasteiger charge is -2.60. The molecular weight excluding hydrogens is 597 g/mol. The van der Waals surface area contributed by atoms with Crippen LogP contribution in [0.4, 0.5) is 4.39 Å². The first-order chi connectivity index (χ1) is 21.7. The summed E-state index contributed by atoms with van der Waals surface area (Å²) in [6.45, 7) is 1.52. The fraction of sp³-hybridized carbons (Fsp3) is 0.758. The molecule has 10 unspecified atom stereocenters. The third-order valence-corrected chi connectivity index (χ3v) is 13.9. The quantitative estimate of drug-likeness (QED) is 0.426. The lowest BCUT2D eigenvalue weighted by atomic mass is 9.65. The number of halogens is 1. The molecule has 0 bridgehead atoms. The zero-order chi connectivity index (χ0) is 31.3. The van der Waals surface area contributed by atoms with E-state index in [9.17, 15) is 18.0 Å². The molecule has 3 aliphatic heterocycles. The second kappa shape index (κ2) is 12.6. The van der Waals surface area contributed by atoms with Gasteiger partial charge in [-0.2, -0.15) is 0 Å². The van der Waals surface area contributed by atoms with Gasteiger partial charge in [-0.15, -0.1) is 0 Å². The number of hydrogen-bond donors (Lipinski definition) is 1. The monoisotopic (exact) mass is 643 g/mol. The maximum atomic E-state index is 16.3. The average Bonchev–Trinajstić information content (AvgIpc) is 3.44. The maximum Gasteiger partial charge on any atom is 0.256 e. The molecule has 5 fully saturated rings. The summed E-state index contributed by atoms with van der Waals surface area (Å²) in [7, 11) is -1.88. The highest BCUT2D eigenvalue weighted by atomic mass is 32.2. The second-order valence-corrected chi connectivity index (χ2v) is 16.6. The van der Waals surface area contributed by atoms with Gasteiger partial charge in [0.2, 0.25) is 0 Å². The van der Waals surface area contributed by atoms with E-state index in [0.717, 1.165) is 51.5 Å². The van der Waals surface area contributed by atoms with E-state index in [2.05, 4.69) is 32.1 Å². The Kier molecular flexibility index (Phi) is 8.75. The molecule has 6 aliphatic rings. The van der Waals surface area contributed by atoms with Gasteiger partial charge in [0.05, 0.1) is 41.3 Å². The minimum Gasteiger partial charge on any atom is -0.369 e. The average molecular weight is 644 g/mol. The van der Waals surface area contributed by atoms with Crippen molar-refractivity contribution in [3.05, 3.63) is 36.1 Å². The van der Waals surface area contributed by atoms with Crippen LogP contribution in [0.1, 0.15) is 69.9 Å². The molecule has 0 radical (unpaired) electrons. The Labute approximate surface area is 265 Å². The first-order valence-corrected chi connectivity index (χ1v) is 18.7. The number of hydrogen-bond acceptors (Lipinski definition) is 9. The van der Waals surface area contributed by atoms with Crippen LogP contribution in [0.25, 0.3) is 0 Å². The van der Waals surface area contributed by atoms with Gasteiger partial charge in [-0.25, -0.2) is 12.8 Å². The molecule has 3 saturated carbocycles. The largest absolute Gasteiger partial charge is 0.369 e. The Morgan fingerprint density at radius 1 is 1.11 bits per heavy atom. The van der Waals surface area contributed by atoms with Gasteiger partial charge in [0, 0.05) is 49.7 Å². The van der Waals surface area contributed by atoms with Crippen LogP contribution in [0.3, 0.4) is 0 Å². The number of morpholine rings is 1. The maximum absolute atomic E-state index is 16.3. The van der Waals surface area contributed by atoms with Crippen molar-refractivity contribution in [3.63, 3.8) is 0 Å². The number of likely N-dealkylation sites (tertiary alicyclic amines) is 1. The first kappa shape index (κ1) is 31.2. The molecule has 12 heteroatoms. The van der Waals surface area contributed by atoms with E-state index in [1.165, 1.54) is 31.4 Å². The number of carbonyl (C=O) groups excluding carboxylic acids is 2. The zero-order valence-electron chi connectivity index (χ0n) is 26.1. The van der Waals surface area contributed by atoms with E-state index in [0.29, 0.717) is 30.1 Å². The predicted molar refractivity (Wildman–Crippen MR) is 165 cm³/mol. The Bertz CT molecular complexity index is 1410. The molecule has 1 aromatic heterocycles. The fourth-order valence-corrected chi connectivity index (χ4v) is 11.4. The molecule has 45 heavy (non-hydrogen) atoms. The van der Waals surface area contributed by atoms with Gasteiger partial charge in [0.15, 0.2) is 15.6 Å². The number of amides is 1. The summed E-state index contributed by atoms with van der Waals surface area (Å²) in [5.74, 6) is -0.902. The minimum atomic E-state index is -3.98. The number of nitrogens with one attached hydrogen (secondary N) is 1. The first-order valence-electron chi connectivity index (χ1n) is 17.0. The van der Waals surface area contributed by atoms with Crippen LogP contribution in [-0.4, -0.2) is 108 Å². The van der Waals surface area contributed by atoms with Crippen molar-refractivity contribution in [1.29, 1.82) is 0 Å². The van der Waals surface area contributed by atoms with Gasteiger partial charge in [-0.05, 0) is 64.0 Å². The van der Waals surface area contributed by atoms with Gasteiger partial charge in [-0.3, -0.25) is 19.6 Å². The lowest BCUT2D eigenvalue weighted by Crippen LogP contribution is -2.72. The van der Waals surface area contributed by atoms with Gasteiger partial charge < -0.3 is 19.9 Å². The number of sulfone groups is 1. The molecule has 10 nitrogen and oxygen atoms in total. The molecule has 10 atom stereocenters. The van der Waals surface area contributed by atoms with Crippen LogP contribution >= 0.6 is 0 Å². The van der Waals surface area contributed by atoms with Gasteiger partial charge in [-0.1, -0.05) is 25.7 Å². The van der Waals surface area contributed by atoms with Crippen LogP contribution in [0.15, 0.2) is 30.4 Å².